The Morgan fingerprint density at radius 3 is 2.81 bits per heavy atom. The third kappa shape index (κ3) is 4.60. The molecule has 0 bridgehead atoms. The number of anilines is 2. The average Bonchev–Trinajstić information content (AvgIpc) is 2.48. The van der Waals surface area contributed by atoms with Crippen molar-refractivity contribution >= 4 is 17.3 Å². The predicted molar refractivity (Wildman–Crippen MR) is 86.8 cm³/mol. The van der Waals surface area contributed by atoms with Gasteiger partial charge in [-0.3, -0.25) is 9.78 Å². The number of pyridine rings is 1. The van der Waals surface area contributed by atoms with Gasteiger partial charge in [0, 0.05) is 24.6 Å². The summed E-state index contributed by atoms with van der Waals surface area (Å²) < 4.78 is 0. The predicted octanol–water partition coefficient (Wildman–Crippen LogP) is 3.85. The lowest BCUT2D eigenvalue weighted by atomic mass is 10.2. The number of hydrogen-bond donors (Lipinski definition) is 2. The van der Waals surface area contributed by atoms with Crippen LogP contribution in [-0.4, -0.2) is 17.4 Å². The summed E-state index contributed by atoms with van der Waals surface area (Å²) in [5.41, 5.74) is 3.34. The fourth-order valence-corrected chi connectivity index (χ4v) is 2.00. The van der Waals surface area contributed by atoms with Gasteiger partial charge in [-0.2, -0.15) is 0 Å². The number of carbonyl (C=O) groups is 1. The minimum atomic E-state index is -0.146. The van der Waals surface area contributed by atoms with E-state index in [1.165, 1.54) is 0 Å². The summed E-state index contributed by atoms with van der Waals surface area (Å²) in [6, 6.07) is 9.56. The Balaban J connectivity index is 2.03. The summed E-state index contributed by atoms with van der Waals surface area (Å²) in [7, 11) is 0. The second-order valence-electron chi connectivity index (χ2n) is 5.07. The van der Waals surface area contributed by atoms with Gasteiger partial charge in [0.1, 0.15) is 0 Å². The number of aryl methyl sites for hydroxylation is 1. The molecule has 0 saturated heterocycles. The Morgan fingerprint density at radius 1 is 1.19 bits per heavy atom. The van der Waals surface area contributed by atoms with Gasteiger partial charge in [0.25, 0.3) is 5.91 Å². The summed E-state index contributed by atoms with van der Waals surface area (Å²) in [6.07, 6.45) is 5.54. The molecule has 1 aromatic carbocycles. The summed E-state index contributed by atoms with van der Waals surface area (Å²) >= 11 is 0. The Bertz CT molecular complexity index is 610. The molecule has 2 N–H and O–H groups in total. The fourth-order valence-electron chi connectivity index (χ4n) is 2.00. The van der Waals surface area contributed by atoms with Crippen molar-refractivity contribution in [2.24, 2.45) is 0 Å². The first-order valence-corrected chi connectivity index (χ1v) is 7.26. The zero-order valence-electron chi connectivity index (χ0n) is 12.5. The van der Waals surface area contributed by atoms with Crippen molar-refractivity contribution in [1.82, 2.24) is 4.98 Å². The fraction of sp³-hybridized carbons (Fsp3) is 0.294. The van der Waals surface area contributed by atoms with Crippen LogP contribution in [0.2, 0.25) is 0 Å². The second-order valence-corrected chi connectivity index (χ2v) is 5.07. The molecule has 1 aromatic heterocycles. The van der Waals surface area contributed by atoms with Crippen LogP contribution in [0.25, 0.3) is 0 Å². The largest absolute Gasteiger partial charge is 0.384 e. The first-order chi connectivity index (χ1) is 10.2. The van der Waals surface area contributed by atoms with Gasteiger partial charge in [-0.25, -0.2) is 0 Å². The Morgan fingerprint density at radius 2 is 2.05 bits per heavy atom. The van der Waals surface area contributed by atoms with Crippen LogP contribution in [0.4, 0.5) is 11.4 Å². The van der Waals surface area contributed by atoms with Crippen LogP contribution < -0.4 is 10.6 Å². The number of nitrogens with zero attached hydrogens (tertiary/aromatic N) is 1. The minimum absolute atomic E-state index is 0.146. The normalized spacial score (nSPS) is 10.2. The highest BCUT2D eigenvalue weighted by Crippen LogP contribution is 2.13. The number of carbonyl (C=O) groups excluding carboxylic acids is 1. The van der Waals surface area contributed by atoms with Crippen LogP contribution in [0.5, 0.6) is 0 Å². The molecule has 1 amide bonds. The topological polar surface area (TPSA) is 54.0 Å². The van der Waals surface area contributed by atoms with Gasteiger partial charge in [-0.1, -0.05) is 25.5 Å². The van der Waals surface area contributed by atoms with E-state index >= 15 is 0 Å². The van der Waals surface area contributed by atoms with Crippen LogP contribution >= 0.6 is 0 Å². The molecule has 4 heteroatoms. The van der Waals surface area contributed by atoms with E-state index in [1.807, 2.05) is 37.3 Å². The van der Waals surface area contributed by atoms with E-state index in [9.17, 15) is 4.79 Å². The first kappa shape index (κ1) is 15.0. The molecule has 0 saturated carbocycles. The molecule has 0 aliphatic rings. The van der Waals surface area contributed by atoms with E-state index in [4.69, 9.17) is 0 Å². The Hall–Kier alpha value is -2.36. The highest BCUT2D eigenvalue weighted by Gasteiger charge is 2.07. The highest BCUT2D eigenvalue weighted by molar-refractivity contribution is 6.04. The molecule has 4 nitrogen and oxygen atoms in total. The van der Waals surface area contributed by atoms with Crippen molar-refractivity contribution in [3.05, 3.63) is 53.9 Å². The van der Waals surface area contributed by atoms with Crippen LogP contribution in [0.3, 0.4) is 0 Å². The number of unbranched alkanes of at least 4 members (excludes halogenated alkanes) is 1. The molecular weight excluding hydrogens is 262 g/mol. The van der Waals surface area contributed by atoms with E-state index < -0.39 is 0 Å². The maximum Gasteiger partial charge on any atom is 0.257 e. The number of aromatic nitrogens is 1. The second kappa shape index (κ2) is 7.43. The van der Waals surface area contributed by atoms with E-state index in [-0.39, 0.29) is 5.91 Å². The number of hydrogen-bond acceptors (Lipinski definition) is 3. The lowest BCUT2D eigenvalue weighted by molar-refractivity contribution is 0.102. The van der Waals surface area contributed by atoms with E-state index in [1.54, 1.807) is 12.4 Å². The van der Waals surface area contributed by atoms with Gasteiger partial charge in [-0.05, 0) is 37.1 Å². The molecule has 0 unspecified atom stereocenters. The maximum absolute atomic E-state index is 12.2. The van der Waals surface area contributed by atoms with Gasteiger partial charge in [-0.15, -0.1) is 0 Å². The molecule has 110 valence electrons. The van der Waals surface area contributed by atoms with Gasteiger partial charge in [0.15, 0.2) is 0 Å². The van der Waals surface area contributed by atoms with Crippen molar-refractivity contribution in [2.45, 2.75) is 26.7 Å². The standard InChI is InChI=1S/C17H21N3O/c1-3-4-8-19-16-10-14(11-18-12-16)17(21)20-15-7-5-6-13(2)9-15/h5-7,9-12,19H,3-4,8H2,1-2H3,(H,20,21). The number of rotatable bonds is 6. The van der Waals surface area contributed by atoms with Crippen LogP contribution in [0, 0.1) is 6.92 Å². The number of amides is 1. The molecular formula is C17H21N3O. The summed E-state index contributed by atoms with van der Waals surface area (Å²) in [6.45, 7) is 5.03. The summed E-state index contributed by atoms with van der Waals surface area (Å²) in [4.78, 5) is 16.3. The molecule has 0 fully saturated rings. The molecule has 21 heavy (non-hydrogen) atoms. The lowest BCUT2D eigenvalue weighted by Crippen LogP contribution is -2.13. The van der Waals surface area contributed by atoms with E-state index in [0.717, 1.165) is 36.3 Å². The third-order valence-corrected chi connectivity index (χ3v) is 3.14. The SMILES string of the molecule is CCCCNc1cncc(C(=O)Nc2cccc(C)c2)c1. The molecule has 2 rings (SSSR count). The van der Waals surface area contributed by atoms with Gasteiger partial charge in [0.2, 0.25) is 0 Å². The van der Waals surface area contributed by atoms with Crippen molar-refractivity contribution in [1.29, 1.82) is 0 Å². The first-order valence-electron chi connectivity index (χ1n) is 7.26. The van der Waals surface area contributed by atoms with Gasteiger partial charge in [0.05, 0.1) is 11.3 Å². The van der Waals surface area contributed by atoms with Crippen LogP contribution in [0.1, 0.15) is 35.7 Å². The van der Waals surface area contributed by atoms with Crippen molar-refractivity contribution in [3.8, 4) is 0 Å². The number of nitrogens with one attached hydrogen (secondary N) is 2. The van der Waals surface area contributed by atoms with Crippen molar-refractivity contribution in [2.75, 3.05) is 17.2 Å². The van der Waals surface area contributed by atoms with Crippen molar-refractivity contribution in [3.63, 3.8) is 0 Å². The van der Waals surface area contributed by atoms with E-state index in [2.05, 4.69) is 22.5 Å². The highest BCUT2D eigenvalue weighted by atomic mass is 16.1. The molecule has 1 heterocycles. The molecule has 2 aromatic rings. The van der Waals surface area contributed by atoms with Crippen LogP contribution in [0.15, 0.2) is 42.7 Å². The van der Waals surface area contributed by atoms with Crippen molar-refractivity contribution < 1.29 is 4.79 Å². The smallest absolute Gasteiger partial charge is 0.257 e. The monoisotopic (exact) mass is 283 g/mol. The molecule has 0 atom stereocenters. The van der Waals surface area contributed by atoms with E-state index in [0.29, 0.717) is 5.56 Å². The minimum Gasteiger partial charge on any atom is -0.384 e. The summed E-state index contributed by atoms with van der Waals surface area (Å²) in [5.74, 6) is -0.146. The molecule has 0 aliphatic heterocycles. The summed E-state index contributed by atoms with van der Waals surface area (Å²) in [5, 5.41) is 6.16. The van der Waals surface area contributed by atoms with Gasteiger partial charge < -0.3 is 10.6 Å². The van der Waals surface area contributed by atoms with Crippen LogP contribution in [-0.2, 0) is 0 Å². The van der Waals surface area contributed by atoms with Gasteiger partial charge >= 0.3 is 0 Å². The zero-order chi connectivity index (χ0) is 15.1. The third-order valence-electron chi connectivity index (χ3n) is 3.14. The zero-order valence-corrected chi connectivity index (χ0v) is 12.5. The number of benzene rings is 1. The maximum atomic E-state index is 12.2. The Kier molecular flexibility index (Phi) is 5.32. The molecule has 0 radical (unpaired) electrons. The molecule has 0 spiro atoms. The average molecular weight is 283 g/mol. The quantitative estimate of drug-likeness (QED) is 0.792. The molecule has 0 aliphatic carbocycles. The Labute approximate surface area is 125 Å². The lowest BCUT2D eigenvalue weighted by Gasteiger charge is -2.08.